The van der Waals surface area contributed by atoms with Crippen molar-refractivity contribution in [3.05, 3.63) is 52.6 Å². The van der Waals surface area contributed by atoms with Gasteiger partial charge in [-0.1, -0.05) is 30.4 Å². The number of hydrogen-bond donors (Lipinski definition) is 1. The fourth-order valence-electron chi connectivity index (χ4n) is 1.95. The number of para-hydroxylation sites is 1. The Morgan fingerprint density at radius 1 is 1.31 bits per heavy atom. The van der Waals surface area contributed by atoms with Crippen LogP contribution < -0.4 is 4.74 Å². The summed E-state index contributed by atoms with van der Waals surface area (Å²) in [5, 5.41) is 0. The summed E-state index contributed by atoms with van der Waals surface area (Å²) in [5.41, 5.74) is 1.17. The number of aromatic nitrogens is 2. The fourth-order valence-corrected chi connectivity index (χ4v) is 2.12. The number of nitrogens with one attached hydrogen (secondary N) is 1. The zero-order valence-electron chi connectivity index (χ0n) is 8.51. The minimum absolute atomic E-state index is 0.166. The van der Waals surface area contributed by atoms with Crippen LogP contribution in [0.25, 0.3) is 0 Å². The van der Waals surface area contributed by atoms with E-state index in [0.717, 1.165) is 11.6 Å². The molecule has 1 aromatic carbocycles. The second-order valence-corrected chi connectivity index (χ2v) is 4.16. The molecule has 0 bridgehead atoms. The molecule has 80 valence electrons. The Morgan fingerprint density at radius 2 is 2.19 bits per heavy atom. The summed E-state index contributed by atoms with van der Waals surface area (Å²) < 4.78 is 6.31. The molecule has 1 aliphatic heterocycles. The molecule has 0 spiro atoms. The van der Waals surface area contributed by atoms with Crippen molar-refractivity contribution in [2.75, 3.05) is 6.61 Å². The number of benzene rings is 1. The molecule has 0 aliphatic carbocycles. The highest BCUT2D eigenvalue weighted by molar-refractivity contribution is 7.71. The van der Waals surface area contributed by atoms with Crippen LogP contribution in [0.3, 0.4) is 0 Å². The Hall–Kier alpha value is -1.68. The van der Waals surface area contributed by atoms with Gasteiger partial charge in [0, 0.05) is 11.8 Å². The number of aromatic amines is 1. The van der Waals surface area contributed by atoms with Gasteiger partial charge < -0.3 is 9.72 Å². The summed E-state index contributed by atoms with van der Waals surface area (Å²) in [7, 11) is 0. The summed E-state index contributed by atoms with van der Waals surface area (Å²) in [4.78, 5) is 7.43. The highest BCUT2D eigenvalue weighted by atomic mass is 32.1. The van der Waals surface area contributed by atoms with Gasteiger partial charge in [-0.15, -0.1) is 0 Å². The van der Waals surface area contributed by atoms with E-state index in [1.807, 2.05) is 18.2 Å². The maximum atomic E-state index is 5.61. The maximum absolute atomic E-state index is 5.61. The van der Waals surface area contributed by atoms with Crippen LogP contribution in [0, 0.1) is 4.64 Å². The van der Waals surface area contributed by atoms with Crippen LogP contribution in [0.2, 0.25) is 0 Å². The van der Waals surface area contributed by atoms with Crippen LogP contribution in [0.4, 0.5) is 0 Å². The molecule has 16 heavy (non-hydrogen) atoms. The molecular formula is C12H10N2OS. The number of fused-ring (bicyclic) bond motifs is 1. The number of hydrogen-bond acceptors (Lipinski definition) is 3. The summed E-state index contributed by atoms with van der Waals surface area (Å²) in [6.45, 7) is 0.627. The molecule has 0 fully saturated rings. The third-order valence-corrected chi connectivity index (χ3v) is 2.96. The van der Waals surface area contributed by atoms with Gasteiger partial charge in [0.15, 0.2) is 0 Å². The van der Waals surface area contributed by atoms with Gasteiger partial charge in [-0.2, -0.15) is 0 Å². The van der Waals surface area contributed by atoms with Gasteiger partial charge in [-0.25, -0.2) is 4.98 Å². The molecule has 1 unspecified atom stereocenters. The Balaban J connectivity index is 2.08. The van der Waals surface area contributed by atoms with E-state index in [9.17, 15) is 0 Å². The predicted molar refractivity (Wildman–Crippen MR) is 63.2 cm³/mol. The van der Waals surface area contributed by atoms with Crippen LogP contribution in [0.5, 0.6) is 5.75 Å². The number of nitrogens with zero attached hydrogens (tertiary/aromatic N) is 1. The first-order chi connectivity index (χ1) is 7.84. The fraction of sp³-hybridized carbons (Fsp3) is 0.167. The second kappa shape index (κ2) is 3.72. The average molecular weight is 230 g/mol. The highest BCUT2D eigenvalue weighted by Crippen LogP contribution is 2.36. The van der Waals surface area contributed by atoms with Crippen LogP contribution in [0.15, 0.2) is 36.5 Å². The smallest absolute Gasteiger partial charge is 0.123 e. The second-order valence-electron chi connectivity index (χ2n) is 3.72. The average Bonchev–Trinajstić information content (AvgIpc) is 2.72. The highest BCUT2D eigenvalue weighted by Gasteiger charge is 2.26. The van der Waals surface area contributed by atoms with E-state index in [1.54, 1.807) is 12.3 Å². The molecule has 0 amide bonds. The Bertz CT molecular complexity index is 579. The lowest BCUT2D eigenvalue weighted by molar-refractivity contribution is 0.339. The molecule has 1 aromatic heterocycles. The van der Waals surface area contributed by atoms with Crippen molar-refractivity contribution in [3.8, 4) is 5.75 Å². The van der Waals surface area contributed by atoms with Gasteiger partial charge in [0.05, 0.1) is 5.92 Å². The molecular weight excluding hydrogens is 220 g/mol. The van der Waals surface area contributed by atoms with Crippen LogP contribution in [-0.4, -0.2) is 16.6 Å². The Labute approximate surface area is 98.1 Å². The molecule has 0 radical (unpaired) electrons. The topological polar surface area (TPSA) is 37.9 Å². The Kier molecular flexibility index (Phi) is 2.22. The summed E-state index contributed by atoms with van der Waals surface area (Å²) in [5.74, 6) is 1.98. The van der Waals surface area contributed by atoms with Crippen molar-refractivity contribution in [2.45, 2.75) is 5.92 Å². The first kappa shape index (κ1) is 9.54. The van der Waals surface area contributed by atoms with E-state index in [1.165, 1.54) is 5.56 Å². The van der Waals surface area contributed by atoms with Crippen LogP contribution >= 0.6 is 12.2 Å². The molecule has 4 heteroatoms. The summed E-state index contributed by atoms with van der Waals surface area (Å²) in [6, 6.07) is 9.81. The molecule has 1 N–H and O–H groups in total. The lowest BCUT2D eigenvalue weighted by Crippen LogP contribution is -2.07. The van der Waals surface area contributed by atoms with E-state index >= 15 is 0 Å². The van der Waals surface area contributed by atoms with Gasteiger partial charge >= 0.3 is 0 Å². The zero-order chi connectivity index (χ0) is 11.0. The van der Waals surface area contributed by atoms with E-state index in [4.69, 9.17) is 17.0 Å². The standard InChI is InChI=1S/C12H10N2OS/c16-11-5-6-13-12(14-11)9-7-15-10-4-2-1-3-8(9)10/h1-6,9H,7H2,(H,13,14,16). The molecule has 1 atom stereocenters. The monoisotopic (exact) mass is 230 g/mol. The molecule has 1 aliphatic rings. The number of rotatable bonds is 1. The molecule has 0 saturated carbocycles. The first-order valence-electron chi connectivity index (χ1n) is 5.11. The molecule has 3 rings (SSSR count). The van der Waals surface area contributed by atoms with E-state index in [-0.39, 0.29) is 5.92 Å². The SMILES string of the molecule is S=c1ccnc(C2COc3ccccc32)[nH]1. The van der Waals surface area contributed by atoms with Crippen molar-refractivity contribution in [1.82, 2.24) is 9.97 Å². The molecule has 0 saturated heterocycles. The van der Waals surface area contributed by atoms with E-state index in [0.29, 0.717) is 11.2 Å². The first-order valence-corrected chi connectivity index (χ1v) is 5.52. The van der Waals surface area contributed by atoms with Crippen molar-refractivity contribution < 1.29 is 4.74 Å². The van der Waals surface area contributed by atoms with Gasteiger partial charge in [0.25, 0.3) is 0 Å². The number of ether oxygens (including phenoxy) is 1. The number of H-pyrrole nitrogens is 1. The van der Waals surface area contributed by atoms with Gasteiger partial charge in [0.1, 0.15) is 22.8 Å². The third kappa shape index (κ3) is 1.51. The third-order valence-electron chi connectivity index (χ3n) is 2.72. The lowest BCUT2D eigenvalue weighted by Gasteiger charge is -2.07. The minimum Gasteiger partial charge on any atom is -0.492 e. The van der Waals surface area contributed by atoms with E-state index in [2.05, 4.69) is 16.0 Å². The molecule has 3 nitrogen and oxygen atoms in total. The van der Waals surface area contributed by atoms with Crippen LogP contribution in [-0.2, 0) is 0 Å². The van der Waals surface area contributed by atoms with Gasteiger partial charge in [0.2, 0.25) is 0 Å². The summed E-state index contributed by atoms with van der Waals surface area (Å²) in [6.07, 6.45) is 1.73. The Morgan fingerprint density at radius 3 is 3.06 bits per heavy atom. The van der Waals surface area contributed by atoms with Crippen LogP contribution in [0.1, 0.15) is 17.3 Å². The largest absolute Gasteiger partial charge is 0.492 e. The van der Waals surface area contributed by atoms with Crippen molar-refractivity contribution in [2.24, 2.45) is 0 Å². The van der Waals surface area contributed by atoms with Gasteiger partial charge in [-0.05, 0) is 12.1 Å². The lowest BCUT2D eigenvalue weighted by atomic mass is 10.0. The normalized spacial score (nSPS) is 17.9. The minimum atomic E-state index is 0.166. The van der Waals surface area contributed by atoms with Gasteiger partial charge in [-0.3, -0.25) is 0 Å². The summed E-state index contributed by atoms with van der Waals surface area (Å²) >= 11 is 5.10. The van der Waals surface area contributed by atoms with Crippen molar-refractivity contribution >= 4 is 12.2 Å². The zero-order valence-corrected chi connectivity index (χ0v) is 9.33. The quantitative estimate of drug-likeness (QED) is 0.765. The van der Waals surface area contributed by atoms with Crippen molar-refractivity contribution in [1.29, 1.82) is 0 Å². The molecule has 2 aromatic rings. The van der Waals surface area contributed by atoms with Crippen molar-refractivity contribution in [3.63, 3.8) is 0 Å². The predicted octanol–water partition coefficient (Wildman–Crippen LogP) is 2.66. The maximum Gasteiger partial charge on any atom is 0.123 e. The van der Waals surface area contributed by atoms with E-state index < -0.39 is 0 Å². The molecule has 2 heterocycles.